The predicted octanol–water partition coefficient (Wildman–Crippen LogP) is 4.62. The van der Waals surface area contributed by atoms with Crippen molar-refractivity contribution in [1.29, 1.82) is 0 Å². The molecule has 152 valence electrons. The summed E-state index contributed by atoms with van der Waals surface area (Å²) in [6.07, 6.45) is -1.57. The number of carbonyl (C=O) groups excluding carboxylic acids is 1. The molecule has 27 heavy (non-hydrogen) atoms. The summed E-state index contributed by atoms with van der Waals surface area (Å²) >= 11 is 0. The second-order valence-electron chi connectivity index (χ2n) is 8.09. The Kier molecular flexibility index (Phi) is 6.17. The number of esters is 1. The van der Waals surface area contributed by atoms with Crippen molar-refractivity contribution in [3.05, 3.63) is 17.7 Å². The third-order valence-electron chi connectivity index (χ3n) is 4.69. The van der Waals surface area contributed by atoms with Gasteiger partial charge in [-0.3, -0.25) is 0 Å². The fourth-order valence-corrected chi connectivity index (χ4v) is 3.95. The van der Waals surface area contributed by atoms with Gasteiger partial charge in [0, 0.05) is 12.1 Å². The lowest BCUT2D eigenvalue weighted by Crippen LogP contribution is -2.35. The summed E-state index contributed by atoms with van der Waals surface area (Å²) in [5.41, 5.74) is 6.77. The highest BCUT2D eigenvalue weighted by Gasteiger charge is 2.33. The van der Waals surface area contributed by atoms with Gasteiger partial charge in [0.2, 0.25) is 0 Å². The topological polar surface area (TPSA) is 73.6 Å². The van der Waals surface area contributed by atoms with Crippen molar-refractivity contribution in [1.82, 2.24) is 0 Å². The zero-order valence-electron chi connectivity index (χ0n) is 16.1. The fourth-order valence-electron chi connectivity index (χ4n) is 3.95. The van der Waals surface area contributed by atoms with Crippen LogP contribution in [0.2, 0.25) is 0 Å². The van der Waals surface area contributed by atoms with E-state index >= 15 is 0 Å². The second kappa shape index (κ2) is 7.86. The van der Waals surface area contributed by atoms with Gasteiger partial charge < -0.3 is 20.5 Å². The van der Waals surface area contributed by atoms with E-state index in [-0.39, 0.29) is 28.5 Å². The van der Waals surface area contributed by atoms with E-state index < -0.39 is 18.8 Å². The summed E-state index contributed by atoms with van der Waals surface area (Å²) in [5.74, 6) is -0.500. The van der Waals surface area contributed by atoms with Crippen molar-refractivity contribution in [2.75, 3.05) is 24.8 Å². The number of anilines is 2. The standard InChI is InChI=1S/C19H27F3N2O3/c1-11-5-12(9-18(2,3)8-11)24-15-7-16(27-10-19(20,21)22)13(6-14(15)23)17(25)26-4/h6-7,11-12,24H,5,8-10,23H2,1-4H3/t11-,12+/m1/s1. The van der Waals surface area contributed by atoms with Gasteiger partial charge in [-0.15, -0.1) is 0 Å². The highest BCUT2D eigenvalue weighted by atomic mass is 19.4. The lowest BCUT2D eigenvalue weighted by Gasteiger charge is -2.39. The molecule has 2 rings (SSSR count). The third-order valence-corrected chi connectivity index (χ3v) is 4.69. The fraction of sp³-hybridized carbons (Fsp3) is 0.632. The molecule has 0 amide bonds. The number of hydrogen-bond donors (Lipinski definition) is 2. The summed E-state index contributed by atoms with van der Waals surface area (Å²) in [6, 6.07) is 2.77. The normalized spacial score (nSPS) is 22.2. The smallest absolute Gasteiger partial charge is 0.422 e. The van der Waals surface area contributed by atoms with Crippen LogP contribution < -0.4 is 15.8 Å². The molecule has 3 N–H and O–H groups in total. The van der Waals surface area contributed by atoms with Crippen LogP contribution in [0.15, 0.2) is 12.1 Å². The summed E-state index contributed by atoms with van der Waals surface area (Å²) in [5, 5.41) is 3.32. The molecular formula is C19H27F3N2O3. The van der Waals surface area contributed by atoms with Crippen molar-refractivity contribution < 1.29 is 27.4 Å². The number of nitrogens with two attached hydrogens (primary N) is 1. The number of rotatable bonds is 5. The molecule has 0 aliphatic heterocycles. The van der Waals surface area contributed by atoms with Crippen LogP contribution in [-0.4, -0.2) is 31.9 Å². The number of nitrogens with one attached hydrogen (secondary N) is 1. The first-order valence-electron chi connectivity index (χ1n) is 8.88. The van der Waals surface area contributed by atoms with Crippen LogP contribution in [0.1, 0.15) is 50.4 Å². The highest BCUT2D eigenvalue weighted by molar-refractivity contribution is 5.95. The maximum Gasteiger partial charge on any atom is 0.422 e. The molecule has 0 unspecified atom stereocenters. The molecule has 1 aromatic carbocycles. The minimum Gasteiger partial charge on any atom is -0.483 e. The SMILES string of the molecule is COC(=O)c1cc(N)c(N[C@H]2C[C@@H](C)CC(C)(C)C2)cc1OCC(F)(F)F. The third kappa shape index (κ3) is 5.94. The van der Waals surface area contributed by atoms with Crippen LogP contribution in [0.5, 0.6) is 5.75 Å². The molecule has 1 aromatic rings. The van der Waals surface area contributed by atoms with Crippen LogP contribution >= 0.6 is 0 Å². The van der Waals surface area contributed by atoms with E-state index in [0.717, 1.165) is 26.4 Å². The number of halogens is 3. The molecule has 1 saturated carbocycles. The van der Waals surface area contributed by atoms with Crippen LogP contribution in [0, 0.1) is 11.3 Å². The Morgan fingerprint density at radius 3 is 2.56 bits per heavy atom. The van der Waals surface area contributed by atoms with E-state index in [0.29, 0.717) is 11.6 Å². The van der Waals surface area contributed by atoms with Crippen LogP contribution in [0.25, 0.3) is 0 Å². The summed E-state index contributed by atoms with van der Waals surface area (Å²) in [7, 11) is 1.14. The molecule has 0 spiro atoms. The Hall–Kier alpha value is -2.12. The lowest BCUT2D eigenvalue weighted by atomic mass is 9.70. The molecule has 0 radical (unpaired) electrons. The minimum atomic E-state index is -4.52. The minimum absolute atomic E-state index is 0.130. The molecule has 0 bridgehead atoms. The molecule has 2 atom stereocenters. The van der Waals surface area contributed by atoms with Gasteiger partial charge in [-0.1, -0.05) is 20.8 Å². The van der Waals surface area contributed by atoms with E-state index in [4.69, 9.17) is 10.5 Å². The van der Waals surface area contributed by atoms with E-state index in [1.807, 2.05) is 0 Å². The van der Waals surface area contributed by atoms with Crippen molar-refractivity contribution >= 4 is 17.3 Å². The predicted molar refractivity (Wildman–Crippen MR) is 98.0 cm³/mol. The van der Waals surface area contributed by atoms with Gasteiger partial charge in [0.1, 0.15) is 11.3 Å². The molecule has 1 aliphatic rings. The average molecular weight is 388 g/mol. The van der Waals surface area contributed by atoms with Gasteiger partial charge in [-0.2, -0.15) is 13.2 Å². The zero-order chi connectivity index (χ0) is 20.4. The van der Waals surface area contributed by atoms with Crippen LogP contribution in [-0.2, 0) is 4.74 Å². The Bertz CT molecular complexity index is 690. The van der Waals surface area contributed by atoms with Crippen molar-refractivity contribution in [3.63, 3.8) is 0 Å². The Labute approximate surface area is 157 Å². The average Bonchev–Trinajstić information content (AvgIpc) is 2.51. The molecule has 0 aromatic heterocycles. The first kappa shape index (κ1) is 21.2. The summed E-state index contributed by atoms with van der Waals surface area (Å²) < 4.78 is 47.1. The van der Waals surface area contributed by atoms with E-state index in [9.17, 15) is 18.0 Å². The van der Waals surface area contributed by atoms with Gasteiger partial charge in [-0.25, -0.2) is 4.79 Å². The number of benzene rings is 1. The number of carbonyl (C=O) groups is 1. The largest absolute Gasteiger partial charge is 0.483 e. The summed E-state index contributed by atoms with van der Waals surface area (Å²) in [6.45, 7) is 5.06. The number of alkyl halides is 3. The Morgan fingerprint density at radius 1 is 1.33 bits per heavy atom. The number of methoxy groups -OCH3 is 1. The van der Waals surface area contributed by atoms with Gasteiger partial charge in [-0.05, 0) is 36.7 Å². The van der Waals surface area contributed by atoms with Crippen LogP contribution in [0.4, 0.5) is 24.5 Å². The Morgan fingerprint density at radius 2 is 2.00 bits per heavy atom. The molecule has 0 saturated heterocycles. The van der Waals surface area contributed by atoms with Gasteiger partial charge in [0.05, 0.1) is 18.5 Å². The Balaban J connectivity index is 2.29. The number of nitrogen functional groups attached to an aromatic ring is 1. The van der Waals surface area contributed by atoms with Gasteiger partial charge >= 0.3 is 12.1 Å². The monoisotopic (exact) mass is 388 g/mol. The van der Waals surface area contributed by atoms with Crippen molar-refractivity contribution in [3.8, 4) is 5.75 Å². The zero-order valence-corrected chi connectivity index (χ0v) is 16.1. The van der Waals surface area contributed by atoms with E-state index in [1.165, 1.54) is 12.1 Å². The maximum atomic E-state index is 12.6. The first-order chi connectivity index (χ1) is 12.4. The second-order valence-corrected chi connectivity index (χ2v) is 8.09. The molecule has 5 nitrogen and oxygen atoms in total. The van der Waals surface area contributed by atoms with Crippen molar-refractivity contribution in [2.24, 2.45) is 11.3 Å². The number of hydrogen-bond acceptors (Lipinski definition) is 5. The van der Waals surface area contributed by atoms with Crippen molar-refractivity contribution in [2.45, 2.75) is 52.3 Å². The molecule has 1 aliphatic carbocycles. The molecule has 1 fully saturated rings. The van der Waals surface area contributed by atoms with E-state index in [2.05, 4.69) is 30.8 Å². The quantitative estimate of drug-likeness (QED) is 0.569. The highest BCUT2D eigenvalue weighted by Crippen LogP contribution is 2.41. The molecule has 0 heterocycles. The molecular weight excluding hydrogens is 361 g/mol. The lowest BCUT2D eigenvalue weighted by molar-refractivity contribution is -0.153. The first-order valence-corrected chi connectivity index (χ1v) is 8.88. The maximum absolute atomic E-state index is 12.6. The summed E-state index contributed by atoms with van der Waals surface area (Å²) in [4.78, 5) is 11.9. The van der Waals surface area contributed by atoms with E-state index in [1.54, 1.807) is 0 Å². The van der Waals surface area contributed by atoms with Gasteiger partial charge in [0.15, 0.2) is 6.61 Å². The number of ether oxygens (including phenoxy) is 2. The van der Waals surface area contributed by atoms with Crippen LogP contribution in [0.3, 0.4) is 0 Å². The van der Waals surface area contributed by atoms with Gasteiger partial charge in [0.25, 0.3) is 0 Å². The molecule has 8 heteroatoms.